The van der Waals surface area contributed by atoms with Gasteiger partial charge in [0.2, 0.25) is 0 Å². The highest BCUT2D eigenvalue weighted by atomic mass is 15.2. The van der Waals surface area contributed by atoms with Gasteiger partial charge in [-0.25, -0.2) is 0 Å². The highest BCUT2D eigenvalue weighted by Crippen LogP contribution is 2.23. The molecular formula is C17H28N2. The van der Waals surface area contributed by atoms with E-state index in [0.29, 0.717) is 18.1 Å². The van der Waals surface area contributed by atoms with Gasteiger partial charge in [0.15, 0.2) is 0 Å². The highest BCUT2D eigenvalue weighted by Gasteiger charge is 2.23. The molecule has 1 aliphatic heterocycles. The van der Waals surface area contributed by atoms with Gasteiger partial charge >= 0.3 is 0 Å². The Kier molecular flexibility index (Phi) is 5.41. The molecule has 0 aliphatic carbocycles. The van der Waals surface area contributed by atoms with Crippen molar-refractivity contribution in [2.75, 3.05) is 13.1 Å². The van der Waals surface area contributed by atoms with Crippen LogP contribution in [0.2, 0.25) is 0 Å². The predicted octanol–water partition coefficient (Wildman–Crippen LogP) is 3.60. The Morgan fingerprint density at radius 2 is 1.89 bits per heavy atom. The second-order valence-electron chi connectivity index (χ2n) is 6.02. The van der Waals surface area contributed by atoms with E-state index in [1.165, 1.54) is 31.4 Å². The molecule has 2 heteroatoms. The molecule has 1 aromatic carbocycles. The Hall–Kier alpha value is -0.860. The van der Waals surface area contributed by atoms with Crippen molar-refractivity contribution < 1.29 is 0 Å². The molecule has 0 radical (unpaired) electrons. The van der Waals surface area contributed by atoms with Gasteiger partial charge in [0, 0.05) is 24.7 Å². The molecule has 1 N–H and O–H groups in total. The van der Waals surface area contributed by atoms with Crippen molar-refractivity contribution >= 4 is 0 Å². The van der Waals surface area contributed by atoms with Gasteiger partial charge in [-0.15, -0.1) is 0 Å². The van der Waals surface area contributed by atoms with E-state index >= 15 is 0 Å². The minimum atomic E-state index is 0.491. The van der Waals surface area contributed by atoms with Crippen LogP contribution in [-0.2, 0) is 0 Å². The number of hydrogen-bond donors (Lipinski definition) is 1. The average Bonchev–Trinajstić information content (AvgIpc) is 2.46. The van der Waals surface area contributed by atoms with Crippen molar-refractivity contribution in [2.45, 2.75) is 58.2 Å². The number of piperidine rings is 1. The van der Waals surface area contributed by atoms with Crippen LogP contribution in [0.3, 0.4) is 0 Å². The van der Waals surface area contributed by atoms with Crippen LogP contribution in [0.5, 0.6) is 0 Å². The van der Waals surface area contributed by atoms with Crippen LogP contribution < -0.4 is 5.32 Å². The maximum absolute atomic E-state index is 3.67. The quantitative estimate of drug-likeness (QED) is 0.870. The summed E-state index contributed by atoms with van der Waals surface area (Å²) < 4.78 is 0. The monoisotopic (exact) mass is 260 g/mol. The summed E-state index contributed by atoms with van der Waals surface area (Å²) in [4.78, 5) is 2.62. The van der Waals surface area contributed by atoms with Crippen molar-refractivity contribution in [1.82, 2.24) is 10.2 Å². The molecule has 1 saturated heterocycles. The maximum Gasteiger partial charge on any atom is 0.0323 e. The van der Waals surface area contributed by atoms with Crippen molar-refractivity contribution in [3.63, 3.8) is 0 Å². The third-order valence-electron chi connectivity index (χ3n) is 4.29. The predicted molar refractivity (Wildman–Crippen MR) is 82.3 cm³/mol. The molecule has 1 aliphatic rings. The van der Waals surface area contributed by atoms with Crippen molar-refractivity contribution in [1.29, 1.82) is 0 Å². The summed E-state index contributed by atoms with van der Waals surface area (Å²) in [5.74, 6) is 0. The second kappa shape index (κ2) is 7.06. The summed E-state index contributed by atoms with van der Waals surface area (Å²) in [6.07, 6.45) is 4.04. The fourth-order valence-electron chi connectivity index (χ4n) is 3.07. The fourth-order valence-corrected chi connectivity index (χ4v) is 3.07. The molecule has 0 spiro atoms. The summed E-state index contributed by atoms with van der Waals surface area (Å²) >= 11 is 0. The van der Waals surface area contributed by atoms with E-state index in [4.69, 9.17) is 0 Å². The number of hydrogen-bond acceptors (Lipinski definition) is 2. The normalized spacial score (nSPS) is 21.8. The standard InChI is InChI=1S/C17H28N2/c1-14(2)19(13-17-11-7-8-12-18-17)15(3)16-9-5-4-6-10-16/h4-6,9-10,14-15,17-18H,7-8,11-13H2,1-3H3. The molecule has 1 aromatic rings. The number of nitrogens with zero attached hydrogens (tertiary/aromatic N) is 1. The molecule has 2 atom stereocenters. The summed E-state index contributed by atoms with van der Waals surface area (Å²) in [5, 5.41) is 3.67. The van der Waals surface area contributed by atoms with Gasteiger partial charge in [0.25, 0.3) is 0 Å². The number of nitrogens with one attached hydrogen (secondary N) is 1. The van der Waals surface area contributed by atoms with Gasteiger partial charge in [0.05, 0.1) is 0 Å². The fraction of sp³-hybridized carbons (Fsp3) is 0.647. The lowest BCUT2D eigenvalue weighted by Crippen LogP contribution is -2.46. The molecule has 0 aromatic heterocycles. The van der Waals surface area contributed by atoms with E-state index < -0.39 is 0 Å². The lowest BCUT2D eigenvalue weighted by atomic mass is 10.0. The highest BCUT2D eigenvalue weighted by molar-refractivity contribution is 5.18. The lowest BCUT2D eigenvalue weighted by Gasteiger charge is -2.37. The molecule has 2 rings (SSSR count). The molecule has 1 fully saturated rings. The summed E-state index contributed by atoms with van der Waals surface area (Å²) in [6.45, 7) is 9.30. The SMILES string of the molecule is CC(C)N(CC1CCCCN1)C(C)c1ccccc1. The Morgan fingerprint density at radius 1 is 1.16 bits per heavy atom. The van der Waals surface area contributed by atoms with Gasteiger partial charge in [-0.3, -0.25) is 4.90 Å². The number of rotatable bonds is 5. The average molecular weight is 260 g/mol. The molecule has 0 bridgehead atoms. The van der Waals surface area contributed by atoms with Gasteiger partial charge in [-0.2, -0.15) is 0 Å². The van der Waals surface area contributed by atoms with E-state index in [0.717, 1.165) is 6.54 Å². The third kappa shape index (κ3) is 4.05. The van der Waals surface area contributed by atoms with Crippen LogP contribution in [-0.4, -0.2) is 30.1 Å². The Balaban J connectivity index is 2.02. The first kappa shape index (κ1) is 14.5. The Morgan fingerprint density at radius 3 is 2.47 bits per heavy atom. The largest absolute Gasteiger partial charge is 0.313 e. The zero-order valence-corrected chi connectivity index (χ0v) is 12.6. The lowest BCUT2D eigenvalue weighted by molar-refractivity contribution is 0.138. The van der Waals surface area contributed by atoms with E-state index in [-0.39, 0.29) is 0 Å². The first-order valence-electron chi connectivity index (χ1n) is 7.72. The first-order chi connectivity index (χ1) is 9.18. The van der Waals surface area contributed by atoms with Gasteiger partial charge in [-0.1, -0.05) is 36.8 Å². The molecule has 19 heavy (non-hydrogen) atoms. The van der Waals surface area contributed by atoms with Gasteiger partial charge in [-0.05, 0) is 45.7 Å². The van der Waals surface area contributed by atoms with Crippen LogP contribution in [0.1, 0.15) is 51.6 Å². The van der Waals surface area contributed by atoms with Crippen LogP contribution in [0.15, 0.2) is 30.3 Å². The summed E-state index contributed by atoms with van der Waals surface area (Å²) in [5.41, 5.74) is 1.42. The van der Waals surface area contributed by atoms with E-state index in [1.54, 1.807) is 0 Å². The van der Waals surface area contributed by atoms with E-state index in [1.807, 2.05) is 0 Å². The molecule has 1 heterocycles. The van der Waals surface area contributed by atoms with Crippen molar-refractivity contribution in [3.05, 3.63) is 35.9 Å². The topological polar surface area (TPSA) is 15.3 Å². The summed E-state index contributed by atoms with van der Waals surface area (Å²) in [6, 6.07) is 12.6. The molecule has 2 nitrogen and oxygen atoms in total. The van der Waals surface area contributed by atoms with E-state index in [2.05, 4.69) is 61.3 Å². The van der Waals surface area contributed by atoms with Crippen molar-refractivity contribution in [3.8, 4) is 0 Å². The van der Waals surface area contributed by atoms with Gasteiger partial charge < -0.3 is 5.32 Å². The third-order valence-corrected chi connectivity index (χ3v) is 4.29. The smallest absolute Gasteiger partial charge is 0.0323 e. The minimum Gasteiger partial charge on any atom is -0.313 e. The Labute approximate surface area is 118 Å². The molecule has 0 amide bonds. The maximum atomic E-state index is 3.67. The minimum absolute atomic E-state index is 0.491. The molecule has 0 saturated carbocycles. The van der Waals surface area contributed by atoms with Crippen LogP contribution in [0.25, 0.3) is 0 Å². The van der Waals surface area contributed by atoms with Crippen LogP contribution >= 0.6 is 0 Å². The molecule has 2 unspecified atom stereocenters. The van der Waals surface area contributed by atoms with Crippen LogP contribution in [0.4, 0.5) is 0 Å². The molecular weight excluding hydrogens is 232 g/mol. The first-order valence-corrected chi connectivity index (χ1v) is 7.72. The van der Waals surface area contributed by atoms with Gasteiger partial charge in [0.1, 0.15) is 0 Å². The van der Waals surface area contributed by atoms with Crippen molar-refractivity contribution in [2.24, 2.45) is 0 Å². The zero-order chi connectivity index (χ0) is 13.7. The zero-order valence-electron chi connectivity index (χ0n) is 12.6. The van der Waals surface area contributed by atoms with Crippen LogP contribution in [0, 0.1) is 0 Å². The summed E-state index contributed by atoms with van der Waals surface area (Å²) in [7, 11) is 0. The number of benzene rings is 1. The molecule has 106 valence electrons. The second-order valence-corrected chi connectivity index (χ2v) is 6.02. The van der Waals surface area contributed by atoms with E-state index in [9.17, 15) is 0 Å². The Bertz CT molecular complexity index is 355.